The third-order valence-electron chi connectivity index (χ3n) is 2.85. The lowest BCUT2D eigenvalue weighted by Gasteiger charge is -2.06. The van der Waals surface area contributed by atoms with Crippen LogP contribution in [0.2, 0.25) is 5.02 Å². The van der Waals surface area contributed by atoms with E-state index < -0.39 is 0 Å². The van der Waals surface area contributed by atoms with E-state index in [-0.39, 0.29) is 0 Å². The van der Waals surface area contributed by atoms with E-state index in [1.807, 2.05) is 41.8 Å². The molecule has 1 aromatic carbocycles. The van der Waals surface area contributed by atoms with Crippen LogP contribution in [0.1, 0.15) is 16.1 Å². The van der Waals surface area contributed by atoms with Gasteiger partial charge >= 0.3 is 0 Å². The Morgan fingerprint density at radius 3 is 2.90 bits per heavy atom. The van der Waals surface area contributed by atoms with Crippen LogP contribution < -0.4 is 0 Å². The van der Waals surface area contributed by atoms with Gasteiger partial charge in [-0.05, 0) is 29.1 Å². The molecule has 0 fully saturated rings. The fourth-order valence-corrected chi connectivity index (χ4v) is 2.99. The summed E-state index contributed by atoms with van der Waals surface area (Å²) in [5.41, 5.74) is 2.11. The summed E-state index contributed by atoms with van der Waals surface area (Å²) in [5.74, 6) is 0. The second kappa shape index (κ2) is 5.56. The Balaban J connectivity index is 2.02. The zero-order valence-electron chi connectivity index (χ0n) is 10.4. The summed E-state index contributed by atoms with van der Waals surface area (Å²) in [5, 5.41) is 10.6. The van der Waals surface area contributed by atoms with Gasteiger partial charge in [0.15, 0.2) is 12.0 Å². The van der Waals surface area contributed by atoms with Crippen molar-refractivity contribution >= 4 is 29.2 Å². The number of hydrogen-bond donors (Lipinski definition) is 0. The van der Waals surface area contributed by atoms with Crippen LogP contribution in [0.15, 0.2) is 41.8 Å². The van der Waals surface area contributed by atoms with Crippen molar-refractivity contribution < 1.29 is 4.79 Å². The van der Waals surface area contributed by atoms with Crippen LogP contribution in [0, 0.1) is 0 Å². The molecular formula is C14H10ClN3OS. The first kappa shape index (κ1) is 13.0. The molecule has 2 aromatic heterocycles. The van der Waals surface area contributed by atoms with E-state index >= 15 is 0 Å². The molecule has 0 aliphatic carbocycles. The molecule has 0 bridgehead atoms. The molecule has 0 saturated carbocycles. The Morgan fingerprint density at radius 1 is 1.30 bits per heavy atom. The van der Waals surface area contributed by atoms with E-state index in [2.05, 4.69) is 10.3 Å². The number of benzene rings is 1. The summed E-state index contributed by atoms with van der Waals surface area (Å²) in [6.07, 6.45) is 0.733. The SMILES string of the molecule is O=Cc1nnn(Cc2cccc(Cl)c2)c1-c1cccs1. The van der Waals surface area contributed by atoms with Crippen LogP contribution in [0.4, 0.5) is 0 Å². The lowest BCUT2D eigenvalue weighted by atomic mass is 10.2. The molecule has 20 heavy (non-hydrogen) atoms. The van der Waals surface area contributed by atoms with Crippen LogP contribution in [0.5, 0.6) is 0 Å². The summed E-state index contributed by atoms with van der Waals surface area (Å²) >= 11 is 7.54. The Labute approximate surface area is 124 Å². The minimum atomic E-state index is 0.356. The standard InChI is InChI=1S/C14H10ClN3OS/c15-11-4-1-3-10(7-11)8-18-14(12(9-19)16-17-18)13-5-2-6-20-13/h1-7,9H,8H2. The minimum Gasteiger partial charge on any atom is -0.296 e. The van der Waals surface area contributed by atoms with Crippen LogP contribution in [0.25, 0.3) is 10.6 Å². The van der Waals surface area contributed by atoms with Gasteiger partial charge in [0.05, 0.1) is 11.4 Å². The highest BCUT2D eigenvalue weighted by Crippen LogP contribution is 2.27. The van der Waals surface area contributed by atoms with Gasteiger partial charge in [0.2, 0.25) is 0 Å². The smallest absolute Gasteiger partial charge is 0.172 e. The fraction of sp³-hybridized carbons (Fsp3) is 0.0714. The molecule has 2 heterocycles. The number of carbonyl (C=O) groups excluding carboxylic acids is 1. The zero-order valence-corrected chi connectivity index (χ0v) is 11.9. The maximum Gasteiger partial charge on any atom is 0.172 e. The topological polar surface area (TPSA) is 47.8 Å². The second-order valence-electron chi connectivity index (χ2n) is 4.21. The van der Waals surface area contributed by atoms with Gasteiger partial charge in [-0.15, -0.1) is 16.4 Å². The largest absolute Gasteiger partial charge is 0.296 e. The van der Waals surface area contributed by atoms with Gasteiger partial charge in [-0.25, -0.2) is 4.68 Å². The highest BCUT2D eigenvalue weighted by atomic mass is 35.5. The van der Waals surface area contributed by atoms with Gasteiger partial charge in [-0.1, -0.05) is 35.0 Å². The lowest BCUT2D eigenvalue weighted by Crippen LogP contribution is -2.04. The minimum absolute atomic E-state index is 0.356. The highest BCUT2D eigenvalue weighted by Gasteiger charge is 2.15. The van der Waals surface area contributed by atoms with E-state index in [0.717, 1.165) is 22.4 Å². The molecule has 100 valence electrons. The third kappa shape index (κ3) is 2.50. The number of nitrogens with zero attached hydrogens (tertiary/aromatic N) is 3. The Morgan fingerprint density at radius 2 is 2.20 bits per heavy atom. The molecule has 0 radical (unpaired) electrons. The number of thiophene rings is 1. The number of hydrogen-bond acceptors (Lipinski definition) is 4. The fourth-order valence-electron chi connectivity index (χ4n) is 1.99. The van der Waals surface area contributed by atoms with Crippen molar-refractivity contribution in [3.05, 3.63) is 58.1 Å². The lowest BCUT2D eigenvalue weighted by molar-refractivity contribution is 0.111. The van der Waals surface area contributed by atoms with Crippen molar-refractivity contribution in [1.29, 1.82) is 0 Å². The summed E-state index contributed by atoms with van der Waals surface area (Å²) < 4.78 is 1.72. The Kier molecular flexibility index (Phi) is 3.62. The average Bonchev–Trinajstić information content (AvgIpc) is 3.07. The van der Waals surface area contributed by atoms with Crippen molar-refractivity contribution in [1.82, 2.24) is 15.0 Å². The van der Waals surface area contributed by atoms with Gasteiger partial charge in [0.25, 0.3) is 0 Å². The number of aromatic nitrogens is 3. The number of rotatable bonds is 4. The Hall–Kier alpha value is -1.98. The molecule has 0 aliphatic rings. The highest BCUT2D eigenvalue weighted by molar-refractivity contribution is 7.13. The van der Waals surface area contributed by atoms with Gasteiger partial charge in [-0.2, -0.15) is 0 Å². The average molecular weight is 304 g/mol. The number of carbonyl (C=O) groups is 1. The zero-order chi connectivity index (χ0) is 13.9. The summed E-state index contributed by atoms with van der Waals surface area (Å²) in [6.45, 7) is 0.522. The molecule has 4 nitrogen and oxygen atoms in total. The van der Waals surface area contributed by atoms with Crippen LogP contribution in [-0.4, -0.2) is 21.3 Å². The molecule has 3 aromatic rings. The molecule has 0 aliphatic heterocycles. The van der Waals surface area contributed by atoms with Gasteiger partial charge < -0.3 is 0 Å². The second-order valence-corrected chi connectivity index (χ2v) is 5.59. The molecule has 0 amide bonds. The van der Waals surface area contributed by atoms with E-state index in [1.54, 1.807) is 16.0 Å². The van der Waals surface area contributed by atoms with Crippen molar-refractivity contribution in [3.8, 4) is 10.6 Å². The van der Waals surface area contributed by atoms with E-state index in [0.29, 0.717) is 17.3 Å². The van der Waals surface area contributed by atoms with Crippen LogP contribution in [-0.2, 0) is 6.54 Å². The molecular weight excluding hydrogens is 294 g/mol. The predicted octanol–water partition coefficient (Wildman–Crippen LogP) is 3.52. The third-order valence-corrected chi connectivity index (χ3v) is 3.96. The first-order valence-corrected chi connectivity index (χ1v) is 7.20. The molecule has 3 rings (SSSR count). The monoisotopic (exact) mass is 303 g/mol. The van der Waals surface area contributed by atoms with Crippen molar-refractivity contribution in [3.63, 3.8) is 0 Å². The summed E-state index contributed by atoms with van der Waals surface area (Å²) in [4.78, 5) is 12.1. The number of aldehydes is 1. The summed E-state index contributed by atoms with van der Waals surface area (Å²) in [6, 6.07) is 11.4. The normalized spacial score (nSPS) is 10.7. The van der Waals surface area contributed by atoms with E-state index in [1.165, 1.54) is 0 Å². The van der Waals surface area contributed by atoms with Gasteiger partial charge in [-0.3, -0.25) is 4.79 Å². The maximum absolute atomic E-state index is 11.1. The van der Waals surface area contributed by atoms with E-state index in [4.69, 9.17) is 11.6 Å². The molecule has 0 atom stereocenters. The van der Waals surface area contributed by atoms with Gasteiger partial charge in [0, 0.05) is 5.02 Å². The van der Waals surface area contributed by atoms with Crippen molar-refractivity contribution in [2.24, 2.45) is 0 Å². The molecule has 0 unspecified atom stereocenters. The molecule has 0 spiro atoms. The van der Waals surface area contributed by atoms with Crippen molar-refractivity contribution in [2.45, 2.75) is 6.54 Å². The first-order valence-electron chi connectivity index (χ1n) is 5.95. The molecule has 6 heteroatoms. The van der Waals surface area contributed by atoms with Crippen LogP contribution >= 0.6 is 22.9 Å². The maximum atomic E-state index is 11.1. The first-order chi connectivity index (χ1) is 9.78. The summed E-state index contributed by atoms with van der Waals surface area (Å²) in [7, 11) is 0. The Bertz CT molecular complexity index is 737. The van der Waals surface area contributed by atoms with Crippen molar-refractivity contribution in [2.75, 3.05) is 0 Å². The molecule has 0 saturated heterocycles. The predicted molar refractivity (Wildman–Crippen MR) is 79.3 cm³/mol. The molecule has 0 N–H and O–H groups in total. The van der Waals surface area contributed by atoms with E-state index in [9.17, 15) is 4.79 Å². The quantitative estimate of drug-likeness (QED) is 0.693. The van der Waals surface area contributed by atoms with Gasteiger partial charge in [0.1, 0.15) is 5.69 Å². The number of halogens is 1. The van der Waals surface area contributed by atoms with Crippen LogP contribution in [0.3, 0.4) is 0 Å².